The van der Waals surface area contributed by atoms with Gasteiger partial charge >= 0.3 is 0 Å². The normalized spacial score (nSPS) is 11.5. The van der Waals surface area contributed by atoms with Gasteiger partial charge in [-0.3, -0.25) is 9.59 Å². The van der Waals surface area contributed by atoms with Gasteiger partial charge in [0.25, 0.3) is 5.91 Å². The summed E-state index contributed by atoms with van der Waals surface area (Å²) in [6, 6.07) is 14.1. The summed E-state index contributed by atoms with van der Waals surface area (Å²) in [5.41, 5.74) is 1.93. The van der Waals surface area contributed by atoms with Gasteiger partial charge in [-0.1, -0.05) is 13.8 Å². The molecule has 2 amide bonds. The molecule has 0 fully saturated rings. The molecule has 132 valence electrons. The second kappa shape index (κ2) is 8.87. The lowest BCUT2D eigenvalue weighted by Crippen LogP contribution is -2.13. The Labute approximate surface area is 148 Å². The van der Waals surface area contributed by atoms with Crippen molar-refractivity contribution < 1.29 is 14.3 Å². The van der Waals surface area contributed by atoms with Crippen molar-refractivity contribution >= 4 is 23.2 Å². The van der Waals surface area contributed by atoms with Gasteiger partial charge in [-0.15, -0.1) is 0 Å². The maximum atomic E-state index is 12.3. The topological polar surface area (TPSA) is 67.4 Å². The van der Waals surface area contributed by atoms with E-state index in [2.05, 4.69) is 17.6 Å². The van der Waals surface area contributed by atoms with Gasteiger partial charge in [-0.25, -0.2) is 0 Å². The fourth-order valence-corrected chi connectivity index (χ4v) is 2.09. The van der Waals surface area contributed by atoms with E-state index >= 15 is 0 Å². The van der Waals surface area contributed by atoms with E-state index in [4.69, 9.17) is 4.74 Å². The number of rotatable bonds is 7. The lowest BCUT2D eigenvalue weighted by atomic mass is 10.2. The van der Waals surface area contributed by atoms with Crippen LogP contribution in [0.3, 0.4) is 0 Å². The SMILES string of the molecule is CCC(=O)Nc1ccc(NC(=O)c2ccc(OC(C)CC)cc2)cc1. The predicted molar refractivity (Wildman–Crippen MR) is 100 cm³/mol. The zero-order valence-electron chi connectivity index (χ0n) is 14.8. The molecule has 25 heavy (non-hydrogen) atoms. The molecule has 0 saturated carbocycles. The number of carbonyl (C=O) groups excluding carboxylic acids is 2. The van der Waals surface area contributed by atoms with Crippen LogP contribution in [0.25, 0.3) is 0 Å². The van der Waals surface area contributed by atoms with E-state index in [-0.39, 0.29) is 17.9 Å². The molecule has 0 saturated heterocycles. The highest BCUT2D eigenvalue weighted by Crippen LogP contribution is 2.17. The molecule has 0 aliphatic carbocycles. The molecule has 1 atom stereocenters. The van der Waals surface area contributed by atoms with Crippen molar-refractivity contribution in [1.29, 1.82) is 0 Å². The molecule has 0 spiro atoms. The quantitative estimate of drug-likeness (QED) is 0.782. The summed E-state index contributed by atoms with van der Waals surface area (Å²) in [6.07, 6.45) is 1.50. The molecule has 0 bridgehead atoms. The molecule has 1 unspecified atom stereocenters. The van der Waals surface area contributed by atoms with Gasteiger partial charge in [0.05, 0.1) is 6.10 Å². The summed E-state index contributed by atoms with van der Waals surface area (Å²) in [7, 11) is 0. The summed E-state index contributed by atoms with van der Waals surface area (Å²) in [5, 5.41) is 5.60. The average molecular weight is 340 g/mol. The minimum Gasteiger partial charge on any atom is -0.491 e. The van der Waals surface area contributed by atoms with Gasteiger partial charge < -0.3 is 15.4 Å². The summed E-state index contributed by atoms with van der Waals surface area (Å²) in [5.74, 6) is 0.513. The Morgan fingerprint density at radius 1 is 0.920 bits per heavy atom. The largest absolute Gasteiger partial charge is 0.491 e. The molecular weight excluding hydrogens is 316 g/mol. The number of hydrogen-bond donors (Lipinski definition) is 2. The van der Waals surface area contributed by atoms with Gasteiger partial charge in [0.15, 0.2) is 0 Å². The Morgan fingerprint density at radius 3 is 2.00 bits per heavy atom. The summed E-state index contributed by atoms with van der Waals surface area (Å²) in [4.78, 5) is 23.6. The first kappa shape index (κ1) is 18.5. The molecule has 5 nitrogen and oxygen atoms in total. The number of carbonyl (C=O) groups is 2. The van der Waals surface area contributed by atoms with Gasteiger partial charge in [0, 0.05) is 23.4 Å². The smallest absolute Gasteiger partial charge is 0.255 e. The number of benzene rings is 2. The van der Waals surface area contributed by atoms with Crippen LogP contribution in [-0.2, 0) is 4.79 Å². The maximum Gasteiger partial charge on any atom is 0.255 e. The lowest BCUT2D eigenvalue weighted by molar-refractivity contribution is -0.115. The van der Waals surface area contributed by atoms with Gasteiger partial charge in [-0.05, 0) is 61.9 Å². The third kappa shape index (κ3) is 5.64. The molecular formula is C20H24N2O3. The Bertz CT molecular complexity index is 709. The van der Waals surface area contributed by atoms with Crippen LogP contribution in [0.2, 0.25) is 0 Å². The minimum absolute atomic E-state index is 0.0449. The highest BCUT2D eigenvalue weighted by Gasteiger charge is 2.08. The van der Waals surface area contributed by atoms with Gasteiger partial charge in [0.1, 0.15) is 5.75 Å². The van der Waals surface area contributed by atoms with E-state index in [0.29, 0.717) is 23.4 Å². The maximum absolute atomic E-state index is 12.3. The number of nitrogens with one attached hydrogen (secondary N) is 2. The van der Waals surface area contributed by atoms with Crippen molar-refractivity contribution in [2.45, 2.75) is 39.7 Å². The van der Waals surface area contributed by atoms with E-state index in [9.17, 15) is 9.59 Å². The average Bonchev–Trinajstić information content (AvgIpc) is 2.63. The van der Waals surface area contributed by atoms with Crippen molar-refractivity contribution in [3.63, 3.8) is 0 Å². The standard InChI is InChI=1S/C20H24N2O3/c1-4-14(3)25-18-12-6-15(7-13-18)20(24)22-17-10-8-16(9-11-17)21-19(23)5-2/h6-14H,4-5H2,1-3H3,(H,21,23)(H,22,24). The van der Waals surface area contributed by atoms with Crippen LogP contribution in [0.5, 0.6) is 5.75 Å². The first-order chi connectivity index (χ1) is 12.0. The first-order valence-corrected chi connectivity index (χ1v) is 8.49. The fourth-order valence-electron chi connectivity index (χ4n) is 2.09. The van der Waals surface area contributed by atoms with Crippen LogP contribution in [-0.4, -0.2) is 17.9 Å². The number of ether oxygens (including phenoxy) is 1. The van der Waals surface area contributed by atoms with Crippen LogP contribution < -0.4 is 15.4 Å². The van der Waals surface area contributed by atoms with Gasteiger partial charge in [0.2, 0.25) is 5.91 Å². The third-order valence-corrected chi connectivity index (χ3v) is 3.78. The van der Waals surface area contributed by atoms with Crippen LogP contribution in [0.4, 0.5) is 11.4 Å². The fraction of sp³-hybridized carbons (Fsp3) is 0.300. The Kier molecular flexibility index (Phi) is 6.57. The van der Waals surface area contributed by atoms with Crippen molar-refractivity contribution in [2.24, 2.45) is 0 Å². The molecule has 0 aromatic heterocycles. The second-order valence-corrected chi connectivity index (χ2v) is 5.79. The second-order valence-electron chi connectivity index (χ2n) is 5.79. The summed E-state index contributed by atoms with van der Waals surface area (Å²) < 4.78 is 5.70. The first-order valence-electron chi connectivity index (χ1n) is 8.49. The molecule has 5 heteroatoms. The molecule has 0 heterocycles. The summed E-state index contributed by atoms with van der Waals surface area (Å²) >= 11 is 0. The van der Waals surface area contributed by atoms with Crippen molar-refractivity contribution in [1.82, 2.24) is 0 Å². The zero-order valence-corrected chi connectivity index (χ0v) is 14.8. The number of amides is 2. The summed E-state index contributed by atoms with van der Waals surface area (Å²) in [6.45, 7) is 5.86. The van der Waals surface area contributed by atoms with E-state index in [1.165, 1.54) is 0 Å². The predicted octanol–water partition coefficient (Wildman–Crippen LogP) is 4.46. The molecule has 2 aromatic rings. The molecule has 2 aromatic carbocycles. The van der Waals surface area contributed by atoms with E-state index in [0.717, 1.165) is 12.2 Å². The molecule has 0 radical (unpaired) electrons. The Morgan fingerprint density at radius 2 is 1.48 bits per heavy atom. The number of hydrogen-bond acceptors (Lipinski definition) is 3. The van der Waals surface area contributed by atoms with Crippen molar-refractivity contribution in [2.75, 3.05) is 10.6 Å². The lowest BCUT2D eigenvalue weighted by Gasteiger charge is -2.13. The molecule has 0 aliphatic rings. The highest BCUT2D eigenvalue weighted by molar-refractivity contribution is 6.04. The van der Waals surface area contributed by atoms with Crippen LogP contribution in [0.1, 0.15) is 44.0 Å². The molecule has 2 N–H and O–H groups in total. The van der Waals surface area contributed by atoms with Crippen LogP contribution in [0, 0.1) is 0 Å². The Balaban J connectivity index is 1.96. The van der Waals surface area contributed by atoms with E-state index in [1.54, 1.807) is 55.5 Å². The van der Waals surface area contributed by atoms with Crippen LogP contribution >= 0.6 is 0 Å². The monoisotopic (exact) mass is 340 g/mol. The van der Waals surface area contributed by atoms with Crippen molar-refractivity contribution in [3.05, 3.63) is 54.1 Å². The molecule has 0 aliphatic heterocycles. The number of anilines is 2. The minimum atomic E-state index is -0.194. The van der Waals surface area contributed by atoms with E-state index in [1.807, 2.05) is 6.92 Å². The highest BCUT2D eigenvalue weighted by atomic mass is 16.5. The third-order valence-electron chi connectivity index (χ3n) is 3.78. The van der Waals surface area contributed by atoms with Crippen LogP contribution in [0.15, 0.2) is 48.5 Å². The zero-order chi connectivity index (χ0) is 18.2. The molecule has 2 rings (SSSR count). The van der Waals surface area contributed by atoms with Gasteiger partial charge in [-0.2, -0.15) is 0 Å². The Hall–Kier alpha value is -2.82. The van der Waals surface area contributed by atoms with Crippen molar-refractivity contribution in [3.8, 4) is 5.75 Å². The van der Waals surface area contributed by atoms with E-state index < -0.39 is 0 Å².